The summed E-state index contributed by atoms with van der Waals surface area (Å²) < 4.78 is 17.4. The number of unbranched alkanes of at least 4 members (excludes halogenated alkanes) is 2. The van der Waals surface area contributed by atoms with Crippen LogP contribution in [0.2, 0.25) is 0 Å². The van der Waals surface area contributed by atoms with Gasteiger partial charge in [-0.05, 0) is 82.6 Å². The Hall–Kier alpha value is -4.06. The van der Waals surface area contributed by atoms with Crippen LogP contribution >= 0.6 is 0 Å². The van der Waals surface area contributed by atoms with Crippen LogP contribution in [0.5, 0.6) is 0 Å². The van der Waals surface area contributed by atoms with Crippen LogP contribution in [-0.4, -0.2) is 180 Å². The molecule has 13 N–H and O–H groups in total. The molecule has 1 saturated heterocycles. The topological polar surface area (TPSA) is 338 Å². The number of carboxylic acid groups (broad SMARTS) is 1. The first-order valence-corrected chi connectivity index (χ1v) is 27.6. The van der Waals surface area contributed by atoms with Crippen LogP contribution in [0, 0.1) is 29.6 Å². The van der Waals surface area contributed by atoms with Gasteiger partial charge in [-0.15, -0.1) is 0 Å². The summed E-state index contributed by atoms with van der Waals surface area (Å²) in [5.41, 5.74) is 0.779. The number of carbonyl (C=O) groups is 3. The maximum Gasteiger partial charge on any atom is 0.334 e. The molecule has 0 radical (unpaired) electrons. The van der Waals surface area contributed by atoms with E-state index in [1.54, 1.807) is 72.0 Å². The SMILES string of the molecule is CN=C(NC)NCCCC=CCCCC(C)C1OC(=O)C(C)=CC=CC(C)C(O)CC(O)C(C)C(O)CCC(C)C(O)CC2(O)OC(CC(O)CC(OC(=O)CC(=O)O)CC(O)CC(O)C(C)=CC=CC1C)CC(O)C2O. The number of aliphatic hydroxyl groups excluding tert-OH is 9. The van der Waals surface area contributed by atoms with Crippen LogP contribution in [-0.2, 0) is 28.6 Å². The van der Waals surface area contributed by atoms with Crippen molar-refractivity contribution < 1.29 is 84.8 Å². The fourth-order valence-corrected chi connectivity index (χ4v) is 9.63. The highest BCUT2D eigenvalue weighted by Gasteiger charge is 2.50. The first kappa shape index (κ1) is 69.0. The van der Waals surface area contributed by atoms with Gasteiger partial charge in [0.05, 0.1) is 54.9 Å². The molecule has 18 atom stereocenters. The highest BCUT2D eigenvalue weighted by atomic mass is 16.7. The summed E-state index contributed by atoms with van der Waals surface area (Å²) in [5, 5.41) is 127. The van der Waals surface area contributed by atoms with E-state index >= 15 is 0 Å². The molecule has 0 aromatic rings. The minimum absolute atomic E-state index is 0.0655. The minimum atomic E-state index is -2.48. The van der Waals surface area contributed by atoms with Crippen molar-refractivity contribution >= 4 is 23.9 Å². The quantitative estimate of drug-likeness (QED) is 0.0331. The molecule has 2 aliphatic heterocycles. The molecule has 0 aromatic heterocycles. The smallest absolute Gasteiger partial charge is 0.334 e. The molecular formula is C57H97N3O17. The molecule has 2 rings (SSSR count). The largest absolute Gasteiger partial charge is 0.481 e. The molecule has 1 fully saturated rings. The molecule has 2 aliphatic rings. The predicted octanol–water partition coefficient (Wildman–Crippen LogP) is 3.63. The number of nitrogens with one attached hydrogen (secondary N) is 2. The highest BCUT2D eigenvalue weighted by Crippen LogP contribution is 2.36. The molecule has 0 saturated carbocycles. The van der Waals surface area contributed by atoms with Crippen LogP contribution in [0.15, 0.2) is 64.7 Å². The molecule has 2 heterocycles. The summed E-state index contributed by atoms with van der Waals surface area (Å²) >= 11 is 0. The van der Waals surface area contributed by atoms with Crippen molar-refractivity contribution in [2.75, 3.05) is 20.6 Å². The second-order valence-corrected chi connectivity index (χ2v) is 21.8. The van der Waals surface area contributed by atoms with E-state index in [0.29, 0.717) is 11.1 Å². The van der Waals surface area contributed by atoms with Crippen molar-refractivity contribution in [3.63, 3.8) is 0 Å². The van der Waals surface area contributed by atoms with Crippen LogP contribution in [0.1, 0.15) is 145 Å². The van der Waals surface area contributed by atoms with Gasteiger partial charge in [-0.3, -0.25) is 14.6 Å². The lowest BCUT2D eigenvalue weighted by molar-refractivity contribution is -0.333. The van der Waals surface area contributed by atoms with Crippen LogP contribution in [0.25, 0.3) is 0 Å². The Balaban J connectivity index is 2.44. The summed E-state index contributed by atoms with van der Waals surface area (Å²) in [7, 11) is 3.53. The number of nitrogens with zero attached hydrogens (tertiary/aromatic N) is 1. The van der Waals surface area contributed by atoms with E-state index in [9.17, 15) is 70.6 Å². The number of esters is 2. The summed E-state index contributed by atoms with van der Waals surface area (Å²) in [6.45, 7) is 13.1. The number of hydrogen-bond acceptors (Lipinski definition) is 17. The van der Waals surface area contributed by atoms with Gasteiger partial charge in [0.25, 0.3) is 0 Å². The van der Waals surface area contributed by atoms with E-state index in [1.165, 1.54) is 0 Å². The van der Waals surface area contributed by atoms with Crippen molar-refractivity contribution in [1.82, 2.24) is 10.6 Å². The molecular weight excluding hydrogens is 999 g/mol. The monoisotopic (exact) mass is 1100 g/mol. The number of allylic oxidation sites excluding steroid dienone is 6. The number of ether oxygens (including phenoxy) is 3. The first-order valence-electron chi connectivity index (χ1n) is 27.6. The maximum absolute atomic E-state index is 13.7. The van der Waals surface area contributed by atoms with Gasteiger partial charge in [0.1, 0.15) is 24.7 Å². The van der Waals surface area contributed by atoms with E-state index in [1.807, 2.05) is 27.0 Å². The molecule has 0 amide bonds. The summed E-state index contributed by atoms with van der Waals surface area (Å²) in [6.07, 6.45) is 1.35. The average Bonchev–Trinajstić information content (AvgIpc) is 3.35. The lowest BCUT2D eigenvalue weighted by atomic mass is 9.84. The highest BCUT2D eigenvalue weighted by molar-refractivity contribution is 5.90. The lowest BCUT2D eigenvalue weighted by Crippen LogP contribution is -2.59. The summed E-state index contributed by atoms with van der Waals surface area (Å²) in [4.78, 5) is 41.6. The van der Waals surface area contributed by atoms with E-state index in [-0.39, 0.29) is 63.2 Å². The predicted molar refractivity (Wildman–Crippen MR) is 292 cm³/mol. The number of fused-ring (bicyclic) bond motifs is 2. The number of hydrogen-bond donors (Lipinski definition) is 13. The molecule has 20 heteroatoms. The number of aliphatic carboxylic acids is 1. The lowest BCUT2D eigenvalue weighted by Gasteiger charge is -2.45. The molecule has 0 spiro atoms. The molecule has 442 valence electrons. The Kier molecular flexibility index (Phi) is 31.9. The third-order valence-corrected chi connectivity index (χ3v) is 15.0. The van der Waals surface area contributed by atoms with E-state index < -0.39 is 128 Å². The van der Waals surface area contributed by atoms with Gasteiger partial charge >= 0.3 is 17.9 Å². The van der Waals surface area contributed by atoms with Gasteiger partial charge in [-0.2, -0.15) is 0 Å². The Morgan fingerprint density at radius 2 is 1.43 bits per heavy atom. The standard InChI is InChI=1S/C57H97N3O17/c1-34-19-16-21-38(5)53(37(4)18-14-12-10-11-13-15-25-60-56(58-8)59-9)76-55(73)39(6)22-17-20-35(2)47(65)31-48(66)40(7)45(63)24-23-36(3)50(68)33-57(74)54(72)49(67)30-44(77-57)28-41(61)26-43(27-42(62)29-46(34)64)75-52(71)32-51(69)70/h10-11,16-17,19-22,35-38,40-50,53-54,61-68,72,74H,12-15,18,23-33H2,1-9H3,(H,69,70)(H2,58,59,60). The number of carbonyl (C=O) groups excluding carboxylic acids is 2. The molecule has 2 bridgehead atoms. The van der Waals surface area contributed by atoms with Gasteiger partial charge in [-0.1, -0.05) is 83.2 Å². The summed E-state index contributed by atoms with van der Waals surface area (Å²) in [6, 6.07) is 0. The van der Waals surface area contributed by atoms with Gasteiger partial charge in [0, 0.05) is 82.5 Å². The van der Waals surface area contributed by atoms with Gasteiger partial charge < -0.3 is 81.0 Å². The first-order chi connectivity index (χ1) is 36.2. The van der Waals surface area contributed by atoms with Crippen molar-refractivity contribution in [2.45, 2.75) is 224 Å². The zero-order valence-corrected chi connectivity index (χ0v) is 47.1. The van der Waals surface area contributed by atoms with E-state index in [2.05, 4.69) is 27.8 Å². The zero-order valence-electron chi connectivity index (χ0n) is 47.1. The molecule has 0 aromatic carbocycles. The third kappa shape index (κ3) is 25.7. The van der Waals surface area contributed by atoms with Gasteiger partial charge in [0.15, 0.2) is 11.7 Å². The van der Waals surface area contributed by atoms with Crippen LogP contribution < -0.4 is 10.6 Å². The number of carboxylic acids is 1. The number of aliphatic hydroxyl groups is 10. The van der Waals surface area contributed by atoms with Crippen LogP contribution in [0.4, 0.5) is 0 Å². The molecule has 20 nitrogen and oxygen atoms in total. The number of aliphatic imine (C=N–C) groups is 1. The fourth-order valence-electron chi connectivity index (χ4n) is 9.63. The number of guanidine groups is 1. The Labute approximate surface area is 456 Å². The van der Waals surface area contributed by atoms with Crippen molar-refractivity contribution in [1.29, 1.82) is 0 Å². The normalized spacial score (nSPS) is 35.4. The van der Waals surface area contributed by atoms with E-state index in [4.69, 9.17) is 14.2 Å². The Bertz CT molecular complexity index is 1940. The average molecular weight is 1100 g/mol. The summed E-state index contributed by atoms with van der Waals surface area (Å²) in [5.74, 6) is -6.98. The van der Waals surface area contributed by atoms with E-state index in [0.717, 1.165) is 44.6 Å². The second kappa shape index (κ2) is 35.5. The molecule has 77 heavy (non-hydrogen) atoms. The van der Waals surface area contributed by atoms with Gasteiger partial charge in [0.2, 0.25) is 0 Å². The van der Waals surface area contributed by atoms with Crippen molar-refractivity contribution in [3.05, 3.63) is 59.8 Å². The zero-order chi connectivity index (χ0) is 58.0. The minimum Gasteiger partial charge on any atom is -0.481 e. The number of cyclic esters (lactones) is 1. The van der Waals surface area contributed by atoms with Crippen LogP contribution in [0.3, 0.4) is 0 Å². The van der Waals surface area contributed by atoms with Crippen molar-refractivity contribution in [2.24, 2.45) is 34.6 Å². The molecule has 18 unspecified atom stereocenters. The molecule has 0 aliphatic carbocycles. The third-order valence-electron chi connectivity index (χ3n) is 15.0. The fraction of sp³-hybridized carbons (Fsp3) is 0.754. The van der Waals surface area contributed by atoms with Crippen molar-refractivity contribution in [3.8, 4) is 0 Å². The van der Waals surface area contributed by atoms with Gasteiger partial charge in [-0.25, -0.2) is 4.79 Å². The maximum atomic E-state index is 13.7. The second-order valence-electron chi connectivity index (χ2n) is 21.8. The Morgan fingerprint density at radius 3 is 2.06 bits per heavy atom. The number of rotatable bonds is 12. The Morgan fingerprint density at radius 1 is 0.805 bits per heavy atom.